The van der Waals surface area contributed by atoms with Crippen molar-refractivity contribution in [1.82, 2.24) is 9.29 Å². The summed E-state index contributed by atoms with van der Waals surface area (Å²) in [4.78, 5) is 4.07. The molecule has 1 heterocycles. The van der Waals surface area contributed by atoms with E-state index in [-0.39, 0.29) is 11.1 Å². The first-order valence-corrected chi connectivity index (χ1v) is 8.56. The molecule has 6 heteroatoms. The second-order valence-corrected chi connectivity index (χ2v) is 7.58. The van der Waals surface area contributed by atoms with Gasteiger partial charge in [-0.15, -0.1) is 0 Å². The summed E-state index contributed by atoms with van der Waals surface area (Å²) < 4.78 is 26.9. The van der Waals surface area contributed by atoms with Crippen molar-refractivity contribution in [3.8, 4) is 0 Å². The molecule has 0 aliphatic heterocycles. The molecule has 0 amide bonds. The standard InChI is InChI=1S/C14H23N3O2S/c1-11(2)7-8-17(13-4-5-13)20(18,19)14-6-3-12(9-15)10-16-14/h3,6,10-11,13H,4-5,7-9,15H2,1-2H3. The Labute approximate surface area is 121 Å². The topological polar surface area (TPSA) is 76.3 Å². The van der Waals surface area contributed by atoms with Gasteiger partial charge in [0.25, 0.3) is 10.0 Å². The molecule has 0 unspecified atom stereocenters. The Bertz CT molecular complexity index is 536. The van der Waals surface area contributed by atoms with Gasteiger partial charge >= 0.3 is 0 Å². The van der Waals surface area contributed by atoms with Crippen LogP contribution in [0.2, 0.25) is 0 Å². The predicted molar refractivity (Wildman–Crippen MR) is 78.5 cm³/mol. The Morgan fingerprint density at radius 2 is 2.10 bits per heavy atom. The average molecular weight is 297 g/mol. The van der Waals surface area contributed by atoms with E-state index < -0.39 is 10.0 Å². The molecule has 0 spiro atoms. The lowest BCUT2D eigenvalue weighted by molar-refractivity contribution is 0.372. The van der Waals surface area contributed by atoms with Crippen molar-refractivity contribution in [2.24, 2.45) is 11.7 Å². The van der Waals surface area contributed by atoms with Crippen molar-refractivity contribution >= 4 is 10.0 Å². The molecule has 1 saturated carbocycles. The van der Waals surface area contributed by atoms with Crippen LogP contribution < -0.4 is 5.73 Å². The number of hydrogen-bond acceptors (Lipinski definition) is 4. The van der Waals surface area contributed by atoms with E-state index in [1.807, 2.05) is 0 Å². The summed E-state index contributed by atoms with van der Waals surface area (Å²) in [6.07, 6.45) is 4.33. The molecule has 0 radical (unpaired) electrons. The molecule has 2 rings (SSSR count). The van der Waals surface area contributed by atoms with Crippen molar-refractivity contribution in [2.75, 3.05) is 6.54 Å². The first kappa shape index (κ1) is 15.4. The van der Waals surface area contributed by atoms with Crippen LogP contribution in [0.1, 0.15) is 38.7 Å². The zero-order chi connectivity index (χ0) is 14.8. The summed E-state index contributed by atoms with van der Waals surface area (Å²) >= 11 is 0. The highest BCUT2D eigenvalue weighted by atomic mass is 32.2. The van der Waals surface area contributed by atoms with Crippen LogP contribution in [0, 0.1) is 5.92 Å². The predicted octanol–water partition coefficient (Wildman–Crippen LogP) is 1.74. The summed E-state index contributed by atoms with van der Waals surface area (Å²) in [7, 11) is -3.48. The lowest BCUT2D eigenvalue weighted by atomic mass is 10.1. The normalized spacial score (nSPS) is 16.1. The van der Waals surface area contributed by atoms with Gasteiger partial charge in [0, 0.05) is 25.3 Å². The van der Waals surface area contributed by atoms with Gasteiger partial charge in [0.2, 0.25) is 0 Å². The summed E-state index contributed by atoms with van der Waals surface area (Å²) in [6.45, 7) is 5.15. The van der Waals surface area contributed by atoms with E-state index in [2.05, 4.69) is 18.8 Å². The highest BCUT2D eigenvalue weighted by Gasteiger charge is 2.38. The Morgan fingerprint density at radius 1 is 1.40 bits per heavy atom. The SMILES string of the molecule is CC(C)CCN(C1CC1)S(=O)(=O)c1ccc(CN)cn1. The monoisotopic (exact) mass is 297 g/mol. The number of aromatic nitrogens is 1. The van der Waals surface area contributed by atoms with E-state index in [1.54, 1.807) is 22.6 Å². The molecule has 5 nitrogen and oxygen atoms in total. The van der Waals surface area contributed by atoms with E-state index in [0.717, 1.165) is 24.8 Å². The van der Waals surface area contributed by atoms with Crippen molar-refractivity contribution in [2.45, 2.75) is 50.7 Å². The third kappa shape index (κ3) is 3.56. The molecule has 0 aromatic carbocycles. The van der Waals surface area contributed by atoms with Gasteiger partial charge < -0.3 is 5.73 Å². The highest BCUT2D eigenvalue weighted by molar-refractivity contribution is 7.89. The molecular formula is C14H23N3O2S. The molecule has 1 aromatic rings. The number of rotatable bonds is 7. The molecule has 112 valence electrons. The van der Waals surface area contributed by atoms with Gasteiger partial charge in [-0.05, 0) is 36.8 Å². The van der Waals surface area contributed by atoms with Gasteiger partial charge in [0.05, 0.1) is 0 Å². The van der Waals surface area contributed by atoms with E-state index in [4.69, 9.17) is 5.73 Å². The van der Waals surface area contributed by atoms with Crippen molar-refractivity contribution in [3.63, 3.8) is 0 Å². The van der Waals surface area contributed by atoms with Crippen LogP contribution in [0.5, 0.6) is 0 Å². The van der Waals surface area contributed by atoms with Gasteiger partial charge in [-0.2, -0.15) is 4.31 Å². The maximum Gasteiger partial charge on any atom is 0.260 e. The fourth-order valence-corrected chi connectivity index (χ4v) is 3.67. The number of pyridine rings is 1. The van der Waals surface area contributed by atoms with Crippen LogP contribution in [-0.2, 0) is 16.6 Å². The van der Waals surface area contributed by atoms with Crippen molar-refractivity contribution < 1.29 is 8.42 Å². The fourth-order valence-electron chi connectivity index (χ4n) is 2.05. The summed E-state index contributed by atoms with van der Waals surface area (Å²) in [5.41, 5.74) is 6.35. The summed E-state index contributed by atoms with van der Waals surface area (Å²) in [5, 5.41) is 0.130. The van der Waals surface area contributed by atoms with E-state index in [1.165, 1.54) is 0 Å². The maximum atomic E-state index is 12.7. The highest BCUT2D eigenvalue weighted by Crippen LogP contribution is 2.32. The van der Waals surface area contributed by atoms with Crippen molar-refractivity contribution in [3.05, 3.63) is 23.9 Å². The first-order valence-electron chi connectivity index (χ1n) is 7.12. The van der Waals surface area contributed by atoms with E-state index >= 15 is 0 Å². The molecule has 0 saturated heterocycles. The minimum absolute atomic E-state index is 0.130. The van der Waals surface area contributed by atoms with Crippen molar-refractivity contribution in [1.29, 1.82) is 0 Å². The van der Waals surface area contributed by atoms with Gasteiger partial charge in [-0.1, -0.05) is 19.9 Å². The van der Waals surface area contributed by atoms with Crippen LogP contribution in [-0.4, -0.2) is 30.3 Å². The molecule has 0 bridgehead atoms. The Hall–Kier alpha value is -0.980. The first-order chi connectivity index (χ1) is 9.45. The zero-order valence-corrected chi connectivity index (χ0v) is 12.9. The van der Waals surface area contributed by atoms with E-state index in [9.17, 15) is 8.42 Å². The number of sulfonamides is 1. The van der Waals surface area contributed by atoms with Gasteiger partial charge in [-0.25, -0.2) is 13.4 Å². The van der Waals surface area contributed by atoms with Crippen LogP contribution in [0.3, 0.4) is 0 Å². The minimum atomic E-state index is -3.48. The smallest absolute Gasteiger partial charge is 0.260 e. The Balaban J connectivity index is 2.20. The summed E-state index contributed by atoms with van der Waals surface area (Å²) in [6, 6.07) is 3.45. The van der Waals surface area contributed by atoms with Gasteiger partial charge in [-0.3, -0.25) is 0 Å². The van der Waals surface area contributed by atoms with Crippen LogP contribution in [0.15, 0.2) is 23.4 Å². The molecule has 1 fully saturated rings. The fraction of sp³-hybridized carbons (Fsp3) is 0.643. The molecule has 1 aliphatic rings. The van der Waals surface area contributed by atoms with Crippen LogP contribution in [0.4, 0.5) is 0 Å². The molecule has 2 N–H and O–H groups in total. The molecular weight excluding hydrogens is 274 g/mol. The lowest BCUT2D eigenvalue weighted by Gasteiger charge is -2.22. The number of hydrogen-bond donors (Lipinski definition) is 1. The maximum absolute atomic E-state index is 12.7. The third-order valence-corrected chi connectivity index (χ3v) is 5.36. The molecule has 1 aliphatic carbocycles. The Morgan fingerprint density at radius 3 is 2.55 bits per heavy atom. The summed E-state index contributed by atoms with van der Waals surface area (Å²) in [5.74, 6) is 0.485. The molecule has 20 heavy (non-hydrogen) atoms. The van der Waals surface area contributed by atoms with Gasteiger partial charge in [0.1, 0.15) is 0 Å². The molecule has 1 aromatic heterocycles. The van der Waals surface area contributed by atoms with Gasteiger partial charge in [0.15, 0.2) is 5.03 Å². The van der Waals surface area contributed by atoms with Crippen LogP contribution >= 0.6 is 0 Å². The minimum Gasteiger partial charge on any atom is -0.326 e. The van der Waals surface area contributed by atoms with Crippen LogP contribution in [0.25, 0.3) is 0 Å². The largest absolute Gasteiger partial charge is 0.326 e. The second kappa shape index (κ2) is 6.20. The second-order valence-electron chi connectivity index (χ2n) is 5.74. The number of nitrogens with two attached hydrogens (primary N) is 1. The molecule has 0 atom stereocenters. The quantitative estimate of drug-likeness (QED) is 0.831. The van der Waals surface area contributed by atoms with E-state index in [0.29, 0.717) is 19.0 Å². The lowest BCUT2D eigenvalue weighted by Crippen LogP contribution is -2.35. The average Bonchev–Trinajstić information content (AvgIpc) is 3.23. The third-order valence-electron chi connectivity index (χ3n) is 3.49. The number of nitrogens with zero attached hydrogens (tertiary/aromatic N) is 2. The zero-order valence-electron chi connectivity index (χ0n) is 12.1. The Kier molecular flexibility index (Phi) is 4.78.